The van der Waals surface area contributed by atoms with Gasteiger partial charge in [-0.1, -0.05) is 42.5 Å². The van der Waals surface area contributed by atoms with E-state index in [2.05, 4.69) is 75.8 Å². The summed E-state index contributed by atoms with van der Waals surface area (Å²) in [6, 6.07) is 14.3. The van der Waals surface area contributed by atoms with Gasteiger partial charge in [0.25, 0.3) is 0 Å². The predicted octanol–water partition coefficient (Wildman–Crippen LogP) is 3.99. The van der Waals surface area contributed by atoms with Crippen LogP contribution in [0.2, 0.25) is 0 Å². The number of allylic oxidation sites excluding steroid dienone is 1. The molecule has 2 aliphatic rings. The Morgan fingerprint density at radius 2 is 1.78 bits per heavy atom. The summed E-state index contributed by atoms with van der Waals surface area (Å²) in [7, 11) is 5.28. The molecule has 3 aromatic rings. The van der Waals surface area contributed by atoms with Gasteiger partial charge in [0.1, 0.15) is 5.82 Å². The molecule has 37 heavy (non-hydrogen) atoms. The van der Waals surface area contributed by atoms with E-state index in [1.54, 1.807) is 14.2 Å². The summed E-state index contributed by atoms with van der Waals surface area (Å²) in [6.07, 6.45) is 9.04. The van der Waals surface area contributed by atoms with Crippen molar-refractivity contribution >= 4 is 22.7 Å². The SMILES string of the molecule is COc1cc2nc(N(C)CC3(C4=CN(Cc5ccccc5)CC=C4)CCNCC3)nc(N)c2cc1OC. The number of aromatic nitrogens is 2. The number of anilines is 2. The molecule has 1 aromatic heterocycles. The highest BCUT2D eigenvalue weighted by Gasteiger charge is 2.37. The molecule has 0 amide bonds. The van der Waals surface area contributed by atoms with Crippen molar-refractivity contribution in [2.75, 3.05) is 58.1 Å². The molecule has 194 valence electrons. The topological polar surface area (TPSA) is 88.8 Å². The van der Waals surface area contributed by atoms with Crippen molar-refractivity contribution in [2.45, 2.75) is 19.4 Å². The maximum absolute atomic E-state index is 6.40. The van der Waals surface area contributed by atoms with Crippen molar-refractivity contribution in [1.82, 2.24) is 20.2 Å². The number of ether oxygens (including phenoxy) is 2. The van der Waals surface area contributed by atoms with Crippen LogP contribution in [0.3, 0.4) is 0 Å². The van der Waals surface area contributed by atoms with Crippen molar-refractivity contribution < 1.29 is 9.47 Å². The van der Waals surface area contributed by atoms with Gasteiger partial charge in [-0.3, -0.25) is 0 Å². The lowest BCUT2D eigenvalue weighted by molar-refractivity contribution is 0.255. The average Bonchev–Trinajstić information content (AvgIpc) is 2.93. The third-order valence-electron chi connectivity index (χ3n) is 7.46. The molecule has 5 rings (SSSR count). The zero-order valence-electron chi connectivity index (χ0n) is 21.9. The summed E-state index contributed by atoms with van der Waals surface area (Å²) in [5.74, 6) is 2.26. The van der Waals surface area contributed by atoms with Crippen molar-refractivity contribution in [1.29, 1.82) is 0 Å². The van der Waals surface area contributed by atoms with Gasteiger partial charge in [0.2, 0.25) is 5.95 Å². The number of nitrogens with two attached hydrogens (primary N) is 1. The molecular weight excluding hydrogens is 464 g/mol. The highest BCUT2D eigenvalue weighted by molar-refractivity contribution is 5.91. The van der Waals surface area contributed by atoms with Crippen LogP contribution in [0.5, 0.6) is 11.5 Å². The fraction of sp³-hybridized carbons (Fsp3) is 0.379. The van der Waals surface area contributed by atoms with Crippen LogP contribution in [-0.4, -0.2) is 62.3 Å². The van der Waals surface area contributed by atoms with Gasteiger partial charge in [0, 0.05) is 49.7 Å². The lowest BCUT2D eigenvalue weighted by Crippen LogP contribution is -2.46. The van der Waals surface area contributed by atoms with E-state index in [1.807, 2.05) is 12.1 Å². The number of nitrogens with one attached hydrogen (secondary N) is 1. The smallest absolute Gasteiger partial charge is 0.227 e. The second-order valence-electron chi connectivity index (χ2n) is 9.92. The summed E-state index contributed by atoms with van der Waals surface area (Å²) in [4.78, 5) is 14.1. The first-order valence-electron chi connectivity index (χ1n) is 12.8. The van der Waals surface area contributed by atoms with E-state index in [4.69, 9.17) is 20.2 Å². The Labute approximate surface area is 218 Å². The van der Waals surface area contributed by atoms with E-state index in [9.17, 15) is 0 Å². The molecule has 1 saturated heterocycles. The van der Waals surface area contributed by atoms with Crippen molar-refractivity contribution in [3.05, 3.63) is 72.0 Å². The molecule has 3 N–H and O–H groups in total. The van der Waals surface area contributed by atoms with Crippen LogP contribution in [0.15, 0.2) is 66.4 Å². The van der Waals surface area contributed by atoms with Crippen LogP contribution >= 0.6 is 0 Å². The molecule has 0 unspecified atom stereocenters. The maximum atomic E-state index is 6.40. The van der Waals surface area contributed by atoms with Gasteiger partial charge in [-0.05, 0) is 43.1 Å². The van der Waals surface area contributed by atoms with E-state index >= 15 is 0 Å². The minimum absolute atomic E-state index is 0.0173. The highest BCUT2D eigenvalue weighted by Crippen LogP contribution is 2.41. The van der Waals surface area contributed by atoms with E-state index in [0.717, 1.165) is 56.5 Å². The van der Waals surface area contributed by atoms with Crippen LogP contribution in [0, 0.1) is 5.41 Å². The Hall–Kier alpha value is -3.78. The van der Waals surface area contributed by atoms with Crippen LogP contribution < -0.4 is 25.4 Å². The number of benzene rings is 2. The summed E-state index contributed by atoms with van der Waals surface area (Å²) in [6.45, 7) is 4.57. The first-order chi connectivity index (χ1) is 18.0. The second-order valence-corrected chi connectivity index (χ2v) is 9.92. The second kappa shape index (κ2) is 10.7. The van der Waals surface area contributed by atoms with Gasteiger partial charge in [-0.25, -0.2) is 4.98 Å². The van der Waals surface area contributed by atoms with E-state index in [0.29, 0.717) is 23.3 Å². The molecule has 1 fully saturated rings. The average molecular weight is 501 g/mol. The highest BCUT2D eigenvalue weighted by atomic mass is 16.5. The first-order valence-corrected chi connectivity index (χ1v) is 12.8. The largest absolute Gasteiger partial charge is 0.493 e. The number of hydrogen-bond acceptors (Lipinski definition) is 8. The van der Waals surface area contributed by atoms with E-state index in [1.165, 1.54) is 11.1 Å². The summed E-state index contributed by atoms with van der Waals surface area (Å²) < 4.78 is 10.9. The molecule has 3 heterocycles. The molecule has 0 spiro atoms. The zero-order valence-corrected chi connectivity index (χ0v) is 21.9. The number of nitrogen functional groups attached to an aromatic ring is 1. The van der Waals surface area contributed by atoms with Gasteiger partial charge >= 0.3 is 0 Å². The minimum Gasteiger partial charge on any atom is -0.493 e. The molecule has 0 atom stereocenters. The molecule has 2 aliphatic heterocycles. The van der Waals surface area contributed by atoms with Crippen LogP contribution in [0.4, 0.5) is 11.8 Å². The molecule has 0 saturated carbocycles. The van der Waals surface area contributed by atoms with E-state index < -0.39 is 0 Å². The monoisotopic (exact) mass is 500 g/mol. The van der Waals surface area contributed by atoms with Crippen molar-refractivity contribution in [3.63, 3.8) is 0 Å². The number of fused-ring (bicyclic) bond motifs is 1. The van der Waals surface area contributed by atoms with Gasteiger partial charge in [-0.2, -0.15) is 4.98 Å². The lowest BCUT2D eigenvalue weighted by atomic mass is 9.72. The quantitative estimate of drug-likeness (QED) is 0.480. The molecule has 0 radical (unpaired) electrons. The van der Waals surface area contributed by atoms with Gasteiger partial charge in [0.15, 0.2) is 11.5 Å². The number of piperidine rings is 1. The van der Waals surface area contributed by atoms with Crippen molar-refractivity contribution in [2.24, 2.45) is 5.41 Å². The number of methoxy groups -OCH3 is 2. The van der Waals surface area contributed by atoms with Gasteiger partial charge in [0.05, 0.1) is 19.7 Å². The Morgan fingerprint density at radius 1 is 1.05 bits per heavy atom. The fourth-order valence-corrected chi connectivity index (χ4v) is 5.45. The number of hydrogen-bond donors (Lipinski definition) is 2. The third kappa shape index (κ3) is 5.20. The Kier molecular flexibility index (Phi) is 7.19. The predicted molar refractivity (Wildman–Crippen MR) is 149 cm³/mol. The number of rotatable bonds is 8. The Morgan fingerprint density at radius 3 is 2.51 bits per heavy atom. The molecule has 8 heteroatoms. The fourth-order valence-electron chi connectivity index (χ4n) is 5.45. The Bertz CT molecular complexity index is 1300. The summed E-state index contributed by atoms with van der Waals surface area (Å²) in [5.41, 5.74) is 9.79. The lowest BCUT2D eigenvalue weighted by Gasteiger charge is -2.43. The van der Waals surface area contributed by atoms with Crippen LogP contribution in [-0.2, 0) is 6.54 Å². The Balaban J connectivity index is 1.44. The maximum Gasteiger partial charge on any atom is 0.227 e. The zero-order chi connectivity index (χ0) is 25.8. The molecule has 0 bridgehead atoms. The molecule has 0 aliphatic carbocycles. The van der Waals surface area contributed by atoms with Crippen LogP contribution in [0.25, 0.3) is 10.9 Å². The standard InChI is InChI=1S/C29H36N6O2/c1-34(28-32-24-17-26(37-3)25(36-2)16-23(24)27(30)33-28)20-29(11-13-31-14-12-29)22-10-7-15-35(19-22)18-21-8-5-4-6-9-21/h4-10,16-17,19,31H,11-15,18,20H2,1-3H3,(H2,30,32,33). The van der Waals surface area contributed by atoms with Gasteiger partial charge < -0.3 is 30.3 Å². The van der Waals surface area contributed by atoms with Crippen LogP contribution in [0.1, 0.15) is 18.4 Å². The third-order valence-corrected chi connectivity index (χ3v) is 7.46. The molecule has 8 nitrogen and oxygen atoms in total. The van der Waals surface area contributed by atoms with E-state index in [-0.39, 0.29) is 5.41 Å². The molecular formula is C29H36N6O2. The van der Waals surface area contributed by atoms with Crippen molar-refractivity contribution in [3.8, 4) is 11.5 Å². The molecule has 2 aromatic carbocycles. The number of nitrogens with zero attached hydrogens (tertiary/aromatic N) is 4. The normalized spacial score (nSPS) is 16.9. The minimum atomic E-state index is -0.0173. The van der Waals surface area contributed by atoms with Gasteiger partial charge in [-0.15, -0.1) is 0 Å². The summed E-state index contributed by atoms with van der Waals surface area (Å²) in [5, 5.41) is 4.29. The first kappa shape index (κ1) is 24.9. The summed E-state index contributed by atoms with van der Waals surface area (Å²) >= 11 is 0.